The molecule has 0 atom stereocenters. The Morgan fingerprint density at radius 2 is 2.17 bits per heavy atom. The molecule has 0 unspecified atom stereocenters. The summed E-state index contributed by atoms with van der Waals surface area (Å²) in [4.78, 5) is 28.2. The van der Waals surface area contributed by atoms with Crippen LogP contribution in [0.1, 0.15) is 5.56 Å². The summed E-state index contributed by atoms with van der Waals surface area (Å²) in [5.41, 5.74) is 1.91. The van der Waals surface area contributed by atoms with E-state index in [-0.39, 0.29) is 18.5 Å². The molecule has 1 aliphatic heterocycles. The highest BCUT2D eigenvalue weighted by Crippen LogP contribution is 2.15. The summed E-state index contributed by atoms with van der Waals surface area (Å²) < 4.78 is 0. The third-order valence-electron chi connectivity index (χ3n) is 2.91. The van der Waals surface area contributed by atoms with E-state index in [0.29, 0.717) is 6.54 Å². The quantitative estimate of drug-likeness (QED) is 0.806. The highest BCUT2D eigenvalue weighted by Gasteiger charge is 2.26. The maximum Gasteiger partial charge on any atom is 0.324 e. The lowest BCUT2D eigenvalue weighted by molar-refractivity contribution is -0.118. The van der Waals surface area contributed by atoms with Crippen LogP contribution in [0, 0.1) is 0 Å². The molecule has 5 nitrogen and oxygen atoms in total. The molecule has 90 valence electrons. The Morgan fingerprint density at radius 1 is 1.28 bits per heavy atom. The van der Waals surface area contributed by atoms with E-state index in [9.17, 15) is 9.59 Å². The van der Waals surface area contributed by atoms with Crippen LogP contribution >= 0.6 is 0 Å². The molecule has 3 amide bonds. The van der Waals surface area contributed by atoms with Crippen LogP contribution in [-0.4, -0.2) is 28.4 Å². The Labute approximate surface area is 103 Å². The van der Waals surface area contributed by atoms with Gasteiger partial charge in [-0.15, -0.1) is 0 Å². The molecule has 2 aromatic rings. The molecule has 1 aromatic carbocycles. The van der Waals surface area contributed by atoms with Crippen molar-refractivity contribution in [2.24, 2.45) is 0 Å². The number of nitrogens with zero attached hydrogens (tertiary/aromatic N) is 2. The number of carbonyl (C=O) groups is 2. The Kier molecular flexibility index (Phi) is 2.44. The van der Waals surface area contributed by atoms with Gasteiger partial charge in [-0.3, -0.25) is 15.1 Å². The Balaban J connectivity index is 1.87. The van der Waals surface area contributed by atoms with Gasteiger partial charge in [0.1, 0.15) is 6.54 Å². The molecular weight excluding hydrogens is 230 g/mol. The van der Waals surface area contributed by atoms with Gasteiger partial charge in [0, 0.05) is 18.1 Å². The molecule has 2 heterocycles. The predicted octanol–water partition coefficient (Wildman–Crippen LogP) is 1.29. The molecule has 1 aliphatic rings. The summed E-state index contributed by atoms with van der Waals surface area (Å²) in [6.07, 6.45) is 1.74. The molecule has 0 aliphatic carbocycles. The van der Waals surface area contributed by atoms with Crippen LogP contribution < -0.4 is 5.32 Å². The van der Waals surface area contributed by atoms with E-state index in [0.717, 1.165) is 16.5 Å². The van der Waals surface area contributed by atoms with Crippen molar-refractivity contribution in [2.45, 2.75) is 6.54 Å². The van der Waals surface area contributed by atoms with E-state index >= 15 is 0 Å². The van der Waals surface area contributed by atoms with Crippen molar-refractivity contribution in [3.05, 3.63) is 42.1 Å². The Hall–Kier alpha value is -2.43. The van der Waals surface area contributed by atoms with Crippen LogP contribution in [0.2, 0.25) is 0 Å². The number of aromatic nitrogens is 1. The minimum Gasteiger partial charge on any atom is -0.311 e. The molecule has 1 N–H and O–H groups in total. The molecule has 1 saturated heterocycles. The van der Waals surface area contributed by atoms with Gasteiger partial charge >= 0.3 is 6.03 Å². The smallest absolute Gasteiger partial charge is 0.311 e. The SMILES string of the molecule is O=C1CN(Cc2ccc3ncccc3c2)C(=O)N1. The van der Waals surface area contributed by atoms with Gasteiger partial charge in [-0.05, 0) is 23.8 Å². The van der Waals surface area contributed by atoms with Gasteiger partial charge in [-0.1, -0.05) is 12.1 Å². The fourth-order valence-corrected chi connectivity index (χ4v) is 2.05. The maximum atomic E-state index is 11.4. The standard InChI is InChI=1S/C13H11N3O2/c17-12-8-16(13(18)15-12)7-9-3-4-11-10(6-9)2-1-5-14-11/h1-6H,7-8H2,(H,15,17,18). The lowest BCUT2D eigenvalue weighted by Crippen LogP contribution is -2.27. The normalized spacial score (nSPS) is 15.2. The van der Waals surface area contributed by atoms with Gasteiger partial charge in [-0.2, -0.15) is 0 Å². The first-order chi connectivity index (χ1) is 8.72. The van der Waals surface area contributed by atoms with E-state index in [2.05, 4.69) is 10.3 Å². The number of hydrogen-bond donors (Lipinski definition) is 1. The van der Waals surface area contributed by atoms with Crippen LogP contribution in [0.15, 0.2) is 36.5 Å². The van der Waals surface area contributed by atoms with E-state index in [1.165, 1.54) is 4.90 Å². The van der Waals surface area contributed by atoms with Crippen molar-refractivity contribution >= 4 is 22.8 Å². The van der Waals surface area contributed by atoms with Crippen LogP contribution in [0.25, 0.3) is 10.9 Å². The minimum atomic E-state index is -0.328. The molecule has 0 bridgehead atoms. The van der Waals surface area contributed by atoms with Crippen molar-refractivity contribution in [1.82, 2.24) is 15.2 Å². The fraction of sp³-hybridized carbons (Fsp3) is 0.154. The highest BCUT2D eigenvalue weighted by molar-refractivity contribution is 6.01. The average Bonchev–Trinajstić information content (AvgIpc) is 2.68. The molecule has 1 aromatic heterocycles. The van der Waals surface area contributed by atoms with Gasteiger partial charge in [0.25, 0.3) is 0 Å². The summed E-state index contributed by atoms with van der Waals surface area (Å²) in [7, 11) is 0. The van der Waals surface area contributed by atoms with Crippen molar-refractivity contribution in [2.75, 3.05) is 6.54 Å². The average molecular weight is 241 g/mol. The second kappa shape index (κ2) is 4.10. The second-order valence-electron chi connectivity index (χ2n) is 4.24. The first-order valence-corrected chi connectivity index (χ1v) is 5.65. The number of rotatable bonds is 2. The molecule has 18 heavy (non-hydrogen) atoms. The number of benzene rings is 1. The molecule has 3 rings (SSSR count). The van der Waals surface area contributed by atoms with Crippen LogP contribution in [0.3, 0.4) is 0 Å². The zero-order valence-corrected chi connectivity index (χ0v) is 9.59. The largest absolute Gasteiger partial charge is 0.324 e. The summed E-state index contributed by atoms with van der Waals surface area (Å²) >= 11 is 0. The molecular formula is C13H11N3O2. The molecule has 5 heteroatoms. The van der Waals surface area contributed by atoms with Crippen molar-refractivity contribution in [1.29, 1.82) is 0 Å². The number of nitrogens with one attached hydrogen (secondary N) is 1. The number of imide groups is 1. The van der Waals surface area contributed by atoms with Crippen LogP contribution in [-0.2, 0) is 11.3 Å². The summed E-state index contributed by atoms with van der Waals surface area (Å²) in [6.45, 7) is 0.562. The first kappa shape index (κ1) is 10.7. The van der Waals surface area contributed by atoms with Crippen LogP contribution in [0.5, 0.6) is 0 Å². The third kappa shape index (κ3) is 1.90. The lowest BCUT2D eigenvalue weighted by Gasteiger charge is -2.13. The van der Waals surface area contributed by atoms with Crippen molar-refractivity contribution < 1.29 is 9.59 Å². The number of carbonyl (C=O) groups excluding carboxylic acids is 2. The van der Waals surface area contributed by atoms with Gasteiger partial charge in [-0.25, -0.2) is 4.79 Å². The second-order valence-corrected chi connectivity index (χ2v) is 4.24. The third-order valence-corrected chi connectivity index (χ3v) is 2.91. The summed E-state index contributed by atoms with van der Waals surface area (Å²) in [5.74, 6) is -0.248. The van der Waals surface area contributed by atoms with Crippen molar-refractivity contribution in [3.63, 3.8) is 0 Å². The number of hydrogen-bond acceptors (Lipinski definition) is 3. The molecule has 0 saturated carbocycles. The highest BCUT2D eigenvalue weighted by atomic mass is 16.2. The predicted molar refractivity (Wildman–Crippen MR) is 65.7 cm³/mol. The van der Waals surface area contributed by atoms with Crippen LogP contribution in [0.4, 0.5) is 4.79 Å². The van der Waals surface area contributed by atoms with Gasteiger partial charge < -0.3 is 4.90 Å². The first-order valence-electron chi connectivity index (χ1n) is 5.65. The summed E-state index contributed by atoms with van der Waals surface area (Å²) in [5, 5.41) is 3.29. The number of fused-ring (bicyclic) bond motifs is 1. The lowest BCUT2D eigenvalue weighted by atomic mass is 10.1. The van der Waals surface area contributed by atoms with Gasteiger partial charge in [0.15, 0.2) is 0 Å². The zero-order chi connectivity index (χ0) is 12.5. The van der Waals surface area contributed by atoms with E-state index in [4.69, 9.17) is 0 Å². The number of amides is 3. The zero-order valence-electron chi connectivity index (χ0n) is 9.59. The molecule has 1 fully saturated rings. The van der Waals surface area contributed by atoms with Gasteiger partial charge in [0.05, 0.1) is 5.52 Å². The minimum absolute atomic E-state index is 0.129. The van der Waals surface area contributed by atoms with E-state index in [1.807, 2.05) is 30.3 Å². The Morgan fingerprint density at radius 3 is 2.94 bits per heavy atom. The van der Waals surface area contributed by atoms with Gasteiger partial charge in [0.2, 0.25) is 5.91 Å². The Bertz CT molecular complexity index is 639. The summed E-state index contributed by atoms with van der Waals surface area (Å²) in [6, 6.07) is 9.34. The van der Waals surface area contributed by atoms with Crippen molar-refractivity contribution in [3.8, 4) is 0 Å². The van der Waals surface area contributed by atoms with E-state index in [1.54, 1.807) is 6.20 Å². The molecule has 0 spiro atoms. The molecule has 0 radical (unpaired) electrons. The number of pyridine rings is 1. The topological polar surface area (TPSA) is 62.3 Å². The number of urea groups is 1. The maximum absolute atomic E-state index is 11.4. The fourth-order valence-electron chi connectivity index (χ4n) is 2.05. The van der Waals surface area contributed by atoms with E-state index < -0.39 is 0 Å². The monoisotopic (exact) mass is 241 g/mol.